The second kappa shape index (κ2) is 31.2. The van der Waals surface area contributed by atoms with Crippen molar-refractivity contribution >= 4 is 35.4 Å². The van der Waals surface area contributed by atoms with Crippen molar-refractivity contribution in [2.24, 2.45) is 0 Å². The SMILES string of the molecule is CCCCCCCCCCCCCCCC(=O)O[C@H]1[C@@H](OC(=O)CCCCCCCCCCCCCCC)[C@@H](OP(=O)(O)O)C[C@@H](OP(=O)(O)O)[C@@H]1OP(=O)(O)O. The van der Waals surface area contributed by atoms with Crippen molar-refractivity contribution in [2.45, 2.75) is 231 Å². The molecule has 0 heterocycles. The van der Waals surface area contributed by atoms with Crippen molar-refractivity contribution in [1.82, 2.24) is 0 Å². The standard InChI is InChI=1S/C38H75O16P3/c1-3-5-7-9-11-13-15-17-19-21-23-25-27-29-34(39)50-36-32(52-55(41,42)43)31-33(53-56(44,45)46)37(54-57(47,48)49)38(36)51-35(40)30-28-26-24-22-20-18-16-14-12-10-8-6-4-2/h32-33,36-38H,3-31H2,1-2H3,(H2,41,42,43)(H2,44,45,46)(H2,47,48,49)/t32-,33+,36-,37-,38-/m0/s1. The molecule has 19 heteroatoms. The molecule has 0 radical (unpaired) electrons. The lowest BCUT2D eigenvalue weighted by Gasteiger charge is -2.44. The average Bonchev–Trinajstić information content (AvgIpc) is 3.10. The second-order valence-electron chi connectivity index (χ2n) is 15.5. The molecule has 338 valence electrons. The van der Waals surface area contributed by atoms with E-state index in [2.05, 4.69) is 13.8 Å². The number of hydrogen-bond donors (Lipinski definition) is 6. The molecular formula is C38H75O16P3. The normalized spacial score (nSPS) is 20.5. The van der Waals surface area contributed by atoms with Gasteiger partial charge < -0.3 is 38.8 Å². The van der Waals surface area contributed by atoms with Gasteiger partial charge in [0.05, 0.1) is 0 Å². The van der Waals surface area contributed by atoms with Gasteiger partial charge in [0, 0.05) is 19.3 Å². The van der Waals surface area contributed by atoms with Crippen LogP contribution < -0.4 is 0 Å². The van der Waals surface area contributed by atoms with Gasteiger partial charge in [-0.2, -0.15) is 0 Å². The van der Waals surface area contributed by atoms with E-state index < -0.39 is 72.3 Å². The van der Waals surface area contributed by atoms with Crippen LogP contribution >= 0.6 is 23.5 Å². The molecule has 0 amide bonds. The number of phosphoric acid groups is 3. The molecule has 0 unspecified atom stereocenters. The minimum atomic E-state index is -5.49. The van der Waals surface area contributed by atoms with Crippen LogP contribution in [0.15, 0.2) is 0 Å². The minimum Gasteiger partial charge on any atom is -0.455 e. The van der Waals surface area contributed by atoms with Crippen molar-refractivity contribution in [2.75, 3.05) is 0 Å². The number of carbonyl (C=O) groups is 2. The highest BCUT2D eigenvalue weighted by molar-refractivity contribution is 7.46. The van der Waals surface area contributed by atoms with Crippen LogP contribution in [0.5, 0.6) is 0 Å². The van der Waals surface area contributed by atoms with Crippen molar-refractivity contribution in [1.29, 1.82) is 0 Å². The molecule has 1 rings (SSSR count). The van der Waals surface area contributed by atoms with Crippen LogP contribution in [-0.4, -0.2) is 71.8 Å². The molecule has 0 bridgehead atoms. The first-order chi connectivity index (χ1) is 27.0. The Morgan fingerprint density at radius 1 is 0.404 bits per heavy atom. The summed E-state index contributed by atoms with van der Waals surface area (Å²) in [6, 6.07) is 0. The summed E-state index contributed by atoms with van der Waals surface area (Å²) >= 11 is 0. The van der Waals surface area contributed by atoms with E-state index in [-0.39, 0.29) is 12.8 Å². The Morgan fingerprint density at radius 2 is 0.667 bits per heavy atom. The molecule has 0 saturated heterocycles. The van der Waals surface area contributed by atoms with Crippen LogP contribution in [0.2, 0.25) is 0 Å². The summed E-state index contributed by atoms with van der Waals surface area (Å²) in [5.41, 5.74) is 0. The number of carbonyl (C=O) groups excluding carboxylic acids is 2. The van der Waals surface area contributed by atoms with E-state index in [4.69, 9.17) is 23.0 Å². The first-order valence-corrected chi connectivity index (χ1v) is 26.2. The summed E-state index contributed by atoms with van der Waals surface area (Å²) in [7, 11) is -16.3. The van der Waals surface area contributed by atoms with Gasteiger partial charge in [-0.3, -0.25) is 23.2 Å². The summed E-state index contributed by atoms with van der Waals surface area (Å²) in [5, 5.41) is 0. The van der Waals surface area contributed by atoms with E-state index in [0.29, 0.717) is 25.7 Å². The van der Waals surface area contributed by atoms with E-state index in [9.17, 15) is 52.6 Å². The van der Waals surface area contributed by atoms with Gasteiger partial charge in [0.2, 0.25) is 0 Å². The Hall–Kier alpha value is -0.730. The molecule has 1 aliphatic rings. The van der Waals surface area contributed by atoms with Gasteiger partial charge in [0.25, 0.3) is 0 Å². The van der Waals surface area contributed by atoms with Crippen molar-refractivity contribution in [3.05, 3.63) is 0 Å². The zero-order chi connectivity index (χ0) is 42.6. The zero-order valence-electron chi connectivity index (χ0n) is 34.5. The Bertz CT molecular complexity index is 1200. The third kappa shape index (κ3) is 30.0. The lowest BCUT2D eigenvalue weighted by molar-refractivity contribution is -0.209. The molecule has 1 aliphatic carbocycles. The maximum atomic E-state index is 13.1. The summed E-state index contributed by atoms with van der Waals surface area (Å²) in [6.45, 7) is 4.39. The van der Waals surface area contributed by atoms with E-state index in [1.165, 1.54) is 89.9 Å². The highest BCUT2D eigenvalue weighted by Crippen LogP contribution is 2.50. The van der Waals surface area contributed by atoms with Crippen LogP contribution in [-0.2, 0) is 46.3 Å². The molecule has 5 atom stereocenters. The summed E-state index contributed by atoms with van der Waals surface area (Å²) in [5.74, 6) is -1.80. The maximum Gasteiger partial charge on any atom is 0.470 e. The Labute approximate surface area is 341 Å². The summed E-state index contributed by atoms with van der Waals surface area (Å²) < 4.78 is 61.4. The zero-order valence-corrected chi connectivity index (χ0v) is 37.2. The molecule has 6 N–H and O–H groups in total. The van der Waals surface area contributed by atoms with Crippen molar-refractivity contribution in [3.63, 3.8) is 0 Å². The highest BCUT2D eigenvalue weighted by atomic mass is 31.2. The molecule has 0 aliphatic heterocycles. The molecule has 0 aromatic carbocycles. The van der Waals surface area contributed by atoms with Crippen molar-refractivity contribution < 1.29 is 75.7 Å². The van der Waals surface area contributed by atoms with Gasteiger partial charge in [-0.15, -0.1) is 0 Å². The predicted molar refractivity (Wildman–Crippen MR) is 216 cm³/mol. The first-order valence-electron chi connectivity index (χ1n) is 21.6. The molecular weight excluding hydrogens is 805 g/mol. The number of phosphoric ester groups is 3. The number of ether oxygens (including phenoxy) is 2. The van der Waals surface area contributed by atoms with Gasteiger partial charge >= 0.3 is 35.4 Å². The fraction of sp³-hybridized carbons (Fsp3) is 0.947. The fourth-order valence-corrected chi connectivity index (χ4v) is 8.92. The minimum absolute atomic E-state index is 0.136. The number of esters is 2. The van der Waals surface area contributed by atoms with Crippen LogP contribution in [0.4, 0.5) is 0 Å². The fourth-order valence-electron chi connectivity index (χ4n) is 7.23. The number of rotatable bonds is 36. The van der Waals surface area contributed by atoms with Gasteiger partial charge in [-0.1, -0.05) is 168 Å². The third-order valence-electron chi connectivity index (χ3n) is 10.2. The van der Waals surface area contributed by atoms with Crippen molar-refractivity contribution in [3.8, 4) is 0 Å². The van der Waals surface area contributed by atoms with Gasteiger partial charge in [-0.25, -0.2) is 13.7 Å². The predicted octanol–water partition coefficient (Wildman–Crippen LogP) is 9.61. The molecule has 0 spiro atoms. The summed E-state index contributed by atoms with van der Waals surface area (Å²) in [6.07, 6.45) is 16.6. The van der Waals surface area contributed by atoms with Crippen LogP contribution in [0.1, 0.15) is 200 Å². The average molecular weight is 881 g/mol. The topological polar surface area (TPSA) is 253 Å². The monoisotopic (exact) mass is 880 g/mol. The van der Waals surface area contributed by atoms with E-state index >= 15 is 0 Å². The largest absolute Gasteiger partial charge is 0.470 e. The molecule has 16 nitrogen and oxygen atoms in total. The number of unbranched alkanes of at least 4 members (excludes halogenated alkanes) is 24. The van der Waals surface area contributed by atoms with E-state index in [1.807, 2.05) is 0 Å². The smallest absolute Gasteiger partial charge is 0.455 e. The summed E-state index contributed by atoms with van der Waals surface area (Å²) in [4.78, 5) is 84.2. The Balaban J connectivity index is 2.88. The van der Waals surface area contributed by atoms with Crippen LogP contribution in [0.25, 0.3) is 0 Å². The molecule has 57 heavy (non-hydrogen) atoms. The molecule has 0 aromatic rings. The molecule has 1 saturated carbocycles. The maximum absolute atomic E-state index is 13.1. The van der Waals surface area contributed by atoms with Crippen LogP contribution in [0.3, 0.4) is 0 Å². The Morgan fingerprint density at radius 3 is 0.965 bits per heavy atom. The quantitative estimate of drug-likeness (QED) is 0.0195. The van der Waals surface area contributed by atoms with E-state index in [1.54, 1.807) is 0 Å². The van der Waals surface area contributed by atoms with Crippen LogP contribution in [0, 0.1) is 0 Å². The van der Waals surface area contributed by atoms with Gasteiger partial charge in [-0.05, 0) is 12.8 Å². The van der Waals surface area contributed by atoms with E-state index in [0.717, 1.165) is 51.4 Å². The van der Waals surface area contributed by atoms with Gasteiger partial charge in [0.1, 0.15) is 18.3 Å². The Kier molecular flexibility index (Phi) is 29.7. The first kappa shape index (κ1) is 54.3. The lowest BCUT2D eigenvalue weighted by Crippen LogP contribution is -2.60. The lowest BCUT2D eigenvalue weighted by atomic mass is 9.87. The highest BCUT2D eigenvalue weighted by Gasteiger charge is 2.55. The third-order valence-corrected chi connectivity index (χ3v) is 11.8. The second-order valence-corrected chi connectivity index (χ2v) is 19.0. The number of hydrogen-bond acceptors (Lipinski definition) is 10. The molecule has 1 fully saturated rings. The molecule has 0 aromatic heterocycles. The van der Waals surface area contributed by atoms with Gasteiger partial charge in [0.15, 0.2) is 12.2 Å².